The molecule has 18 heavy (non-hydrogen) atoms. The van der Waals surface area contributed by atoms with E-state index in [4.69, 9.17) is 0 Å². The van der Waals surface area contributed by atoms with E-state index in [1.54, 1.807) is 11.3 Å². The maximum atomic E-state index is 11.9. The maximum absolute atomic E-state index is 11.9. The highest BCUT2D eigenvalue weighted by Crippen LogP contribution is 2.22. The van der Waals surface area contributed by atoms with Gasteiger partial charge in [-0.25, -0.2) is 9.78 Å². The third-order valence-electron chi connectivity index (χ3n) is 2.99. The van der Waals surface area contributed by atoms with E-state index in [9.17, 15) is 4.79 Å². The standard InChI is InChI=1S/C13H23N3OS/c1-6-10(11-14-8-9(3)18-11)15-12(17)16-13(4,5)7-2/h8,10H,6-7H2,1-5H3,(H2,15,16,17). The normalized spacial score (nSPS) is 13.2. The van der Waals surface area contributed by atoms with Gasteiger partial charge < -0.3 is 10.6 Å². The molecule has 2 amide bonds. The minimum Gasteiger partial charge on any atom is -0.333 e. The van der Waals surface area contributed by atoms with E-state index in [1.807, 2.05) is 33.9 Å². The number of hydrogen-bond donors (Lipinski definition) is 2. The van der Waals surface area contributed by atoms with Gasteiger partial charge in [-0.1, -0.05) is 13.8 Å². The van der Waals surface area contributed by atoms with Gasteiger partial charge in [-0.05, 0) is 33.6 Å². The van der Waals surface area contributed by atoms with Gasteiger partial charge in [-0.15, -0.1) is 11.3 Å². The van der Waals surface area contributed by atoms with Gasteiger partial charge in [0.2, 0.25) is 0 Å². The lowest BCUT2D eigenvalue weighted by Gasteiger charge is -2.26. The van der Waals surface area contributed by atoms with Crippen LogP contribution in [0.15, 0.2) is 6.20 Å². The Hall–Kier alpha value is -1.10. The molecule has 1 unspecified atom stereocenters. The van der Waals surface area contributed by atoms with Crippen molar-refractivity contribution in [3.63, 3.8) is 0 Å². The predicted octanol–water partition coefficient (Wildman–Crippen LogP) is 3.39. The zero-order valence-electron chi connectivity index (χ0n) is 11.8. The molecule has 1 rings (SSSR count). The molecule has 0 aliphatic carbocycles. The first-order valence-corrected chi connectivity index (χ1v) is 7.20. The van der Waals surface area contributed by atoms with Gasteiger partial charge in [0.15, 0.2) is 0 Å². The summed E-state index contributed by atoms with van der Waals surface area (Å²) in [6.07, 6.45) is 3.58. The molecule has 0 saturated heterocycles. The molecule has 0 aromatic carbocycles. The van der Waals surface area contributed by atoms with Crippen molar-refractivity contribution in [2.75, 3.05) is 0 Å². The molecule has 102 valence electrons. The van der Waals surface area contributed by atoms with Crippen LogP contribution in [0.2, 0.25) is 0 Å². The Bertz CT molecular complexity index is 401. The van der Waals surface area contributed by atoms with Crippen LogP contribution in [0.3, 0.4) is 0 Å². The zero-order valence-corrected chi connectivity index (χ0v) is 12.6. The number of nitrogens with zero attached hydrogens (tertiary/aromatic N) is 1. The van der Waals surface area contributed by atoms with E-state index < -0.39 is 0 Å². The minimum atomic E-state index is -0.179. The number of carbonyl (C=O) groups is 1. The molecule has 0 saturated carbocycles. The van der Waals surface area contributed by atoms with Gasteiger partial charge in [0.05, 0.1) is 6.04 Å². The summed E-state index contributed by atoms with van der Waals surface area (Å²) in [5, 5.41) is 6.93. The zero-order chi connectivity index (χ0) is 13.8. The number of nitrogens with one attached hydrogen (secondary N) is 2. The van der Waals surface area contributed by atoms with Crippen LogP contribution in [-0.4, -0.2) is 16.6 Å². The summed E-state index contributed by atoms with van der Waals surface area (Å²) in [4.78, 5) is 17.4. The third kappa shape index (κ3) is 4.29. The Balaban J connectivity index is 2.61. The van der Waals surface area contributed by atoms with Crippen LogP contribution < -0.4 is 10.6 Å². The molecule has 1 aromatic heterocycles. The second kappa shape index (κ2) is 6.18. The van der Waals surface area contributed by atoms with Gasteiger partial charge in [0.25, 0.3) is 0 Å². The molecule has 5 heteroatoms. The topological polar surface area (TPSA) is 54.0 Å². The van der Waals surface area contributed by atoms with Gasteiger partial charge in [0, 0.05) is 16.6 Å². The summed E-state index contributed by atoms with van der Waals surface area (Å²) in [7, 11) is 0. The number of urea groups is 1. The van der Waals surface area contributed by atoms with Crippen LogP contribution in [0.25, 0.3) is 0 Å². The van der Waals surface area contributed by atoms with E-state index in [0.717, 1.165) is 17.8 Å². The fourth-order valence-electron chi connectivity index (χ4n) is 1.46. The first kappa shape index (κ1) is 15.0. The molecular formula is C13H23N3OS. The van der Waals surface area contributed by atoms with Crippen LogP contribution >= 0.6 is 11.3 Å². The summed E-state index contributed by atoms with van der Waals surface area (Å²) in [6.45, 7) is 10.2. The fraction of sp³-hybridized carbons (Fsp3) is 0.692. The van der Waals surface area contributed by atoms with E-state index in [0.29, 0.717) is 0 Å². The molecule has 0 spiro atoms. The van der Waals surface area contributed by atoms with E-state index >= 15 is 0 Å². The SMILES string of the molecule is CCC(NC(=O)NC(C)(C)CC)c1ncc(C)s1. The summed E-state index contributed by atoms with van der Waals surface area (Å²) < 4.78 is 0. The molecule has 0 fully saturated rings. The van der Waals surface area contributed by atoms with Crippen molar-refractivity contribution < 1.29 is 4.79 Å². The Morgan fingerprint density at radius 3 is 2.61 bits per heavy atom. The van der Waals surface area contributed by atoms with Crippen molar-refractivity contribution >= 4 is 17.4 Å². The maximum Gasteiger partial charge on any atom is 0.315 e. The minimum absolute atomic E-state index is 0.00337. The number of rotatable bonds is 5. The lowest BCUT2D eigenvalue weighted by atomic mass is 10.0. The summed E-state index contributed by atoms with van der Waals surface area (Å²) in [5.41, 5.74) is -0.179. The number of thiazole rings is 1. The van der Waals surface area contributed by atoms with Crippen LogP contribution in [-0.2, 0) is 0 Å². The van der Waals surface area contributed by atoms with Crippen molar-refractivity contribution in [3.8, 4) is 0 Å². The number of carbonyl (C=O) groups excluding carboxylic acids is 1. The Morgan fingerprint density at radius 1 is 1.50 bits per heavy atom. The van der Waals surface area contributed by atoms with Crippen LogP contribution in [0.5, 0.6) is 0 Å². The molecule has 1 atom stereocenters. The van der Waals surface area contributed by atoms with Crippen molar-refractivity contribution in [2.45, 2.75) is 59.0 Å². The molecule has 0 bridgehead atoms. The van der Waals surface area contributed by atoms with Gasteiger partial charge in [-0.2, -0.15) is 0 Å². The second-order valence-electron chi connectivity index (χ2n) is 5.11. The molecule has 0 aliphatic rings. The molecule has 1 heterocycles. The Kier molecular flexibility index (Phi) is 5.14. The number of aryl methyl sites for hydroxylation is 1. The second-order valence-corrected chi connectivity index (χ2v) is 6.37. The van der Waals surface area contributed by atoms with Gasteiger partial charge >= 0.3 is 6.03 Å². The van der Waals surface area contributed by atoms with Gasteiger partial charge in [-0.3, -0.25) is 0 Å². The quantitative estimate of drug-likeness (QED) is 0.861. The molecule has 4 nitrogen and oxygen atoms in total. The van der Waals surface area contributed by atoms with E-state index in [2.05, 4.69) is 22.5 Å². The third-order valence-corrected chi connectivity index (χ3v) is 4.01. The number of aromatic nitrogens is 1. The molecule has 1 aromatic rings. The highest BCUT2D eigenvalue weighted by Gasteiger charge is 2.21. The van der Waals surface area contributed by atoms with Crippen molar-refractivity contribution in [3.05, 3.63) is 16.1 Å². The number of amides is 2. The Morgan fingerprint density at radius 2 is 2.17 bits per heavy atom. The average Bonchev–Trinajstić information content (AvgIpc) is 2.72. The largest absolute Gasteiger partial charge is 0.333 e. The fourth-order valence-corrected chi connectivity index (χ4v) is 2.37. The highest BCUT2D eigenvalue weighted by atomic mass is 32.1. The van der Waals surface area contributed by atoms with Crippen molar-refractivity contribution in [1.82, 2.24) is 15.6 Å². The average molecular weight is 269 g/mol. The smallest absolute Gasteiger partial charge is 0.315 e. The van der Waals surface area contributed by atoms with E-state index in [-0.39, 0.29) is 17.6 Å². The van der Waals surface area contributed by atoms with Crippen LogP contribution in [0.4, 0.5) is 4.79 Å². The lowest BCUT2D eigenvalue weighted by molar-refractivity contribution is 0.224. The van der Waals surface area contributed by atoms with Gasteiger partial charge in [0.1, 0.15) is 5.01 Å². The van der Waals surface area contributed by atoms with Crippen molar-refractivity contribution in [2.24, 2.45) is 0 Å². The van der Waals surface area contributed by atoms with Crippen molar-refractivity contribution in [1.29, 1.82) is 0 Å². The summed E-state index contributed by atoms with van der Waals surface area (Å²) >= 11 is 1.63. The van der Waals surface area contributed by atoms with Crippen LogP contribution in [0.1, 0.15) is 56.5 Å². The summed E-state index contributed by atoms with van der Waals surface area (Å²) in [6, 6.07) is -0.127. The molecule has 0 aliphatic heterocycles. The monoisotopic (exact) mass is 269 g/mol. The first-order valence-electron chi connectivity index (χ1n) is 6.39. The van der Waals surface area contributed by atoms with Crippen LogP contribution in [0, 0.1) is 6.92 Å². The summed E-state index contributed by atoms with van der Waals surface area (Å²) in [5.74, 6) is 0. The first-order chi connectivity index (χ1) is 8.38. The lowest BCUT2D eigenvalue weighted by Crippen LogP contribution is -2.48. The number of hydrogen-bond acceptors (Lipinski definition) is 3. The Labute approximate surface area is 113 Å². The van der Waals surface area contributed by atoms with E-state index in [1.165, 1.54) is 4.88 Å². The molecule has 2 N–H and O–H groups in total. The molecular weight excluding hydrogens is 246 g/mol. The molecule has 0 radical (unpaired) electrons. The highest BCUT2D eigenvalue weighted by molar-refractivity contribution is 7.11. The predicted molar refractivity (Wildman–Crippen MR) is 75.9 cm³/mol.